The number of hydrogen-bond donors (Lipinski definition) is 1. The summed E-state index contributed by atoms with van der Waals surface area (Å²) in [5.41, 5.74) is 1.88. The molecule has 0 fully saturated rings. The number of pyridine rings is 1. The van der Waals surface area contributed by atoms with Gasteiger partial charge in [0.2, 0.25) is 11.8 Å². The fraction of sp³-hybridized carbons (Fsp3) is 0.263. The van der Waals surface area contributed by atoms with Crippen molar-refractivity contribution in [3.05, 3.63) is 54.4 Å². The minimum Gasteiger partial charge on any atom is -0.497 e. The summed E-state index contributed by atoms with van der Waals surface area (Å²) in [6.45, 7) is 2.36. The van der Waals surface area contributed by atoms with E-state index in [0.29, 0.717) is 17.7 Å². The molecule has 140 valence electrons. The summed E-state index contributed by atoms with van der Waals surface area (Å²) in [6, 6.07) is 11.4. The van der Waals surface area contributed by atoms with Gasteiger partial charge in [0, 0.05) is 18.9 Å². The average Bonchev–Trinajstić information content (AvgIpc) is 3.17. The molecule has 1 amide bonds. The van der Waals surface area contributed by atoms with Crippen molar-refractivity contribution in [1.29, 1.82) is 0 Å². The molecule has 0 bridgehead atoms. The van der Waals surface area contributed by atoms with Crippen molar-refractivity contribution in [2.24, 2.45) is 0 Å². The van der Waals surface area contributed by atoms with Crippen molar-refractivity contribution in [1.82, 2.24) is 20.5 Å². The summed E-state index contributed by atoms with van der Waals surface area (Å²) >= 11 is 1.23. The number of methoxy groups -OCH3 is 1. The highest BCUT2D eigenvalue weighted by Crippen LogP contribution is 2.25. The summed E-state index contributed by atoms with van der Waals surface area (Å²) in [5.74, 6) is 1.13. The quantitative estimate of drug-likeness (QED) is 0.597. The van der Waals surface area contributed by atoms with Gasteiger partial charge in [0.1, 0.15) is 5.75 Å². The molecule has 0 saturated carbocycles. The zero-order valence-corrected chi connectivity index (χ0v) is 15.9. The van der Waals surface area contributed by atoms with Crippen LogP contribution in [0.4, 0.5) is 0 Å². The molecule has 3 aromatic rings. The lowest BCUT2D eigenvalue weighted by atomic mass is 10.1. The summed E-state index contributed by atoms with van der Waals surface area (Å²) in [4.78, 5) is 16.3. The van der Waals surface area contributed by atoms with Gasteiger partial charge in [-0.1, -0.05) is 23.9 Å². The van der Waals surface area contributed by atoms with Crippen LogP contribution in [0.15, 0.2) is 58.4 Å². The molecule has 8 heteroatoms. The standard InChI is InChI=1S/C19H20N4O3S/c1-13(17(24)21-11-9-14-5-7-16(25-2)8-6-14)27-19-23-22-18(26-19)15-4-3-10-20-12-15/h3-8,10,12-13H,9,11H2,1-2H3,(H,21,24). The predicted molar refractivity (Wildman–Crippen MR) is 103 cm³/mol. The van der Waals surface area contributed by atoms with E-state index in [1.54, 1.807) is 32.5 Å². The number of ether oxygens (including phenoxy) is 1. The van der Waals surface area contributed by atoms with Crippen LogP contribution in [0.3, 0.4) is 0 Å². The first-order chi connectivity index (χ1) is 13.2. The van der Waals surface area contributed by atoms with Crippen molar-refractivity contribution in [2.45, 2.75) is 23.8 Å². The van der Waals surface area contributed by atoms with Gasteiger partial charge in [-0.05, 0) is 43.2 Å². The molecule has 0 saturated heterocycles. The Morgan fingerprint density at radius 2 is 2.07 bits per heavy atom. The first-order valence-corrected chi connectivity index (χ1v) is 9.35. The molecule has 0 spiro atoms. The number of rotatable bonds is 8. The lowest BCUT2D eigenvalue weighted by Gasteiger charge is -2.10. The third-order valence-corrected chi connectivity index (χ3v) is 4.77. The molecule has 0 aliphatic heterocycles. The highest BCUT2D eigenvalue weighted by Gasteiger charge is 2.18. The molecule has 0 aliphatic carbocycles. The zero-order chi connectivity index (χ0) is 19.1. The smallest absolute Gasteiger partial charge is 0.277 e. The van der Waals surface area contributed by atoms with Gasteiger partial charge in [-0.15, -0.1) is 10.2 Å². The topological polar surface area (TPSA) is 90.1 Å². The Hall–Kier alpha value is -2.87. The summed E-state index contributed by atoms with van der Waals surface area (Å²) < 4.78 is 10.7. The van der Waals surface area contributed by atoms with Crippen molar-refractivity contribution in [3.8, 4) is 17.2 Å². The SMILES string of the molecule is COc1ccc(CCNC(=O)C(C)Sc2nnc(-c3cccnc3)o2)cc1. The van der Waals surface area contributed by atoms with E-state index in [4.69, 9.17) is 9.15 Å². The minimum absolute atomic E-state index is 0.0744. The Morgan fingerprint density at radius 1 is 1.26 bits per heavy atom. The van der Waals surface area contributed by atoms with E-state index >= 15 is 0 Å². The Bertz CT molecular complexity index is 868. The van der Waals surface area contributed by atoms with Gasteiger partial charge in [-0.3, -0.25) is 9.78 Å². The maximum absolute atomic E-state index is 12.3. The lowest BCUT2D eigenvalue weighted by molar-refractivity contribution is -0.120. The van der Waals surface area contributed by atoms with Crippen molar-refractivity contribution >= 4 is 17.7 Å². The van der Waals surface area contributed by atoms with Crippen LogP contribution in [0.2, 0.25) is 0 Å². The maximum atomic E-state index is 12.3. The molecule has 0 radical (unpaired) electrons. The van der Waals surface area contributed by atoms with Crippen LogP contribution in [-0.4, -0.2) is 40.0 Å². The number of hydrogen-bond acceptors (Lipinski definition) is 7. The third-order valence-electron chi connectivity index (χ3n) is 3.83. The molecular weight excluding hydrogens is 364 g/mol. The van der Waals surface area contributed by atoms with E-state index in [-0.39, 0.29) is 11.2 Å². The van der Waals surface area contributed by atoms with Gasteiger partial charge >= 0.3 is 0 Å². The number of carbonyl (C=O) groups is 1. The zero-order valence-electron chi connectivity index (χ0n) is 15.1. The molecule has 1 unspecified atom stereocenters. The van der Waals surface area contributed by atoms with Gasteiger partial charge in [-0.25, -0.2) is 0 Å². The van der Waals surface area contributed by atoms with E-state index < -0.39 is 0 Å². The van der Waals surface area contributed by atoms with Crippen LogP contribution < -0.4 is 10.1 Å². The van der Waals surface area contributed by atoms with Crippen molar-refractivity contribution in [3.63, 3.8) is 0 Å². The Kier molecular flexibility index (Phi) is 6.43. The second-order valence-electron chi connectivity index (χ2n) is 5.76. The molecule has 7 nitrogen and oxygen atoms in total. The van der Waals surface area contributed by atoms with Gasteiger partial charge in [0.05, 0.1) is 17.9 Å². The van der Waals surface area contributed by atoms with Crippen LogP contribution in [-0.2, 0) is 11.2 Å². The molecular formula is C19H20N4O3S. The first-order valence-electron chi connectivity index (χ1n) is 8.47. The fourth-order valence-electron chi connectivity index (χ4n) is 2.33. The Balaban J connectivity index is 1.47. The largest absolute Gasteiger partial charge is 0.497 e. The number of nitrogens with zero attached hydrogens (tertiary/aromatic N) is 3. The van der Waals surface area contributed by atoms with E-state index in [1.807, 2.05) is 30.3 Å². The number of thioether (sulfide) groups is 1. The molecule has 2 aromatic heterocycles. The molecule has 27 heavy (non-hydrogen) atoms. The van der Waals surface area contributed by atoms with E-state index in [9.17, 15) is 4.79 Å². The Labute approximate surface area is 161 Å². The first kappa shape index (κ1) is 18.9. The monoisotopic (exact) mass is 384 g/mol. The molecule has 1 aromatic carbocycles. The number of amides is 1. The van der Waals surface area contributed by atoms with E-state index in [0.717, 1.165) is 23.3 Å². The van der Waals surface area contributed by atoms with Gasteiger partial charge < -0.3 is 14.5 Å². The number of benzene rings is 1. The lowest BCUT2D eigenvalue weighted by Crippen LogP contribution is -2.32. The van der Waals surface area contributed by atoms with Crippen molar-refractivity contribution < 1.29 is 13.9 Å². The second kappa shape index (κ2) is 9.18. The van der Waals surface area contributed by atoms with Crippen molar-refractivity contribution in [2.75, 3.05) is 13.7 Å². The summed E-state index contributed by atoms with van der Waals surface area (Å²) in [5, 5.41) is 10.9. The summed E-state index contributed by atoms with van der Waals surface area (Å²) in [6.07, 6.45) is 4.07. The molecule has 2 heterocycles. The van der Waals surface area contributed by atoms with Crippen LogP contribution >= 0.6 is 11.8 Å². The molecule has 0 aliphatic rings. The van der Waals surface area contributed by atoms with E-state index in [1.165, 1.54) is 11.8 Å². The Morgan fingerprint density at radius 3 is 2.78 bits per heavy atom. The predicted octanol–water partition coefficient (Wildman–Crippen LogP) is 2.98. The normalized spacial score (nSPS) is 11.8. The minimum atomic E-state index is -0.344. The fourth-order valence-corrected chi connectivity index (χ4v) is 3.04. The third kappa shape index (κ3) is 5.30. The van der Waals surface area contributed by atoms with Gasteiger partial charge in [0.25, 0.3) is 5.22 Å². The van der Waals surface area contributed by atoms with Crippen LogP contribution in [0.25, 0.3) is 11.5 Å². The second-order valence-corrected chi connectivity index (χ2v) is 7.06. The molecule has 1 N–H and O–H groups in total. The highest BCUT2D eigenvalue weighted by atomic mass is 32.2. The molecule has 3 rings (SSSR count). The highest BCUT2D eigenvalue weighted by molar-refractivity contribution is 8.00. The van der Waals surface area contributed by atoms with Gasteiger partial charge in [-0.2, -0.15) is 0 Å². The molecule has 1 atom stereocenters. The number of carbonyl (C=O) groups excluding carboxylic acids is 1. The van der Waals surface area contributed by atoms with Crippen LogP contribution in [0, 0.1) is 0 Å². The average molecular weight is 384 g/mol. The number of nitrogens with one attached hydrogen (secondary N) is 1. The number of aromatic nitrogens is 3. The van der Waals surface area contributed by atoms with E-state index in [2.05, 4.69) is 20.5 Å². The van der Waals surface area contributed by atoms with Gasteiger partial charge in [0.15, 0.2) is 0 Å². The van der Waals surface area contributed by atoms with Crippen LogP contribution in [0.5, 0.6) is 5.75 Å². The summed E-state index contributed by atoms with van der Waals surface area (Å²) in [7, 11) is 1.64. The van der Waals surface area contributed by atoms with Crippen LogP contribution in [0.1, 0.15) is 12.5 Å². The maximum Gasteiger partial charge on any atom is 0.277 e.